The zero-order valence-corrected chi connectivity index (χ0v) is 9.54. The maximum Gasteiger partial charge on any atom is 0.308 e. The summed E-state index contributed by atoms with van der Waals surface area (Å²) >= 11 is 0. The Kier molecular flexibility index (Phi) is 2.51. The van der Waals surface area contributed by atoms with Crippen LogP contribution in [0.3, 0.4) is 0 Å². The Bertz CT molecular complexity index is 254. The summed E-state index contributed by atoms with van der Waals surface area (Å²) in [6.07, 6.45) is 3.66. The first-order valence-corrected chi connectivity index (χ1v) is 5.27. The first-order valence-electron chi connectivity index (χ1n) is 5.27. The maximum absolute atomic E-state index is 11.2. The van der Waals surface area contributed by atoms with Crippen molar-refractivity contribution in [1.82, 2.24) is 0 Å². The molecule has 0 aliphatic heterocycles. The van der Waals surface area contributed by atoms with Gasteiger partial charge in [0.05, 0.1) is 13.0 Å². The third-order valence-corrected chi connectivity index (χ3v) is 3.93. The van der Waals surface area contributed by atoms with E-state index in [0.717, 1.165) is 25.7 Å². The summed E-state index contributed by atoms with van der Waals surface area (Å²) in [5.74, 6) is -0.365. The molecule has 15 heavy (non-hydrogen) atoms. The van der Waals surface area contributed by atoms with E-state index in [1.54, 1.807) is 14.2 Å². The van der Waals surface area contributed by atoms with E-state index in [-0.39, 0.29) is 23.1 Å². The molecule has 0 amide bonds. The molecular formula is C11H18O4. The highest BCUT2D eigenvalue weighted by Crippen LogP contribution is 2.63. The molecule has 0 aromatic heterocycles. The number of carbonyl (C=O) groups excluding carboxylic acids is 1. The van der Waals surface area contributed by atoms with Gasteiger partial charge in [-0.25, -0.2) is 0 Å². The van der Waals surface area contributed by atoms with Crippen LogP contribution in [-0.4, -0.2) is 33.1 Å². The molecule has 2 aliphatic rings. The van der Waals surface area contributed by atoms with Crippen molar-refractivity contribution in [2.24, 2.45) is 11.3 Å². The molecule has 86 valence electrons. The van der Waals surface area contributed by atoms with Crippen LogP contribution in [0.5, 0.6) is 0 Å². The molecule has 0 radical (unpaired) electrons. The number of rotatable bonds is 3. The Labute approximate surface area is 89.9 Å². The Morgan fingerprint density at radius 1 is 1.13 bits per heavy atom. The molecule has 0 heterocycles. The summed E-state index contributed by atoms with van der Waals surface area (Å²) in [5, 5.41) is 0. The summed E-state index contributed by atoms with van der Waals surface area (Å²) in [6, 6.07) is 0. The van der Waals surface area contributed by atoms with Gasteiger partial charge in [-0.05, 0) is 18.3 Å². The maximum atomic E-state index is 11.2. The van der Waals surface area contributed by atoms with Crippen LogP contribution in [0.15, 0.2) is 0 Å². The monoisotopic (exact) mass is 214 g/mol. The van der Waals surface area contributed by atoms with Crippen LogP contribution < -0.4 is 0 Å². The third kappa shape index (κ3) is 1.56. The Morgan fingerprint density at radius 2 is 1.67 bits per heavy atom. The smallest absolute Gasteiger partial charge is 0.308 e. The summed E-state index contributed by atoms with van der Waals surface area (Å²) < 4.78 is 15.4. The van der Waals surface area contributed by atoms with Crippen LogP contribution in [0.25, 0.3) is 0 Å². The molecule has 2 aliphatic carbocycles. The minimum Gasteiger partial charge on any atom is -0.469 e. The Balaban J connectivity index is 1.84. The van der Waals surface area contributed by atoms with Crippen molar-refractivity contribution in [3.63, 3.8) is 0 Å². The number of hydrogen-bond donors (Lipinski definition) is 0. The third-order valence-electron chi connectivity index (χ3n) is 3.93. The van der Waals surface area contributed by atoms with Crippen molar-refractivity contribution in [3.8, 4) is 0 Å². The molecule has 4 nitrogen and oxygen atoms in total. The lowest BCUT2D eigenvalue weighted by Crippen LogP contribution is -2.60. The molecule has 2 rings (SSSR count). The van der Waals surface area contributed by atoms with Crippen molar-refractivity contribution in [3.05, 3.63) is 0 Å². The van der Waals surface area contributed by atoms with Gasteiger partial charge in [-0.15, -0.1) is 0 Å². The minimum atomic E-state index is -0.388. The van der Waals surface area contributed by atoms with E-state index >= 15 is 0 Å². The Morgan fingerprint density at radius 3 is 2.07 bits per heavy atom. The van der Waals surface area contributed by atoms with Gasteiger partial charge in [0, 0.05) is 27.1 Å². The lowest BCUT2D eigenvalue weighted by Gasteiger charge is -2.60. The van der Waals surface area contributed by atoms with Gasteiger partial charge in [-0.3, -0.25) is 4.79 Å². The highest BCUT2D eigenvalue weighted by atomic mass is 16.7. The number of esters is 1. The normalized spacial score (nSPS) is 26.9. The molecule has 0 bridgehead atoms. The lowest BCUT2D eigenvalue weighted by atomic mass is 9.49. The Hall–Kier alpha value is -0.610. The van der Waals surface area contributed by atoms with Gasteiger partial charge in [-0.2, -0.15) is 0 Å². The number of ether oxygens (including phenoxy) is 3. The van der Waals surface area contributed by atoms with E-state index in [0.29, 0.717) is 0 Å². The van der Waals surface area contributed by atoms with Crippen molar-refractivity contribution >= 4 is 5.97 Å². The molecular weight excluding hydrogens is 196 g/mol. The van der Waals surface area contributed by atoms with E-state index < -0.39 is 0 Å². The van der Waals surface area contributed by atoms with Gasteiger partial charge in [0.2, 0.25) is 0 Å². The molecule has 0 unspecified atom stereocenters. The largest absolute Gasteiger partial charge is 0.469 e. The van der Waals surface area contributed by atoms with Gasteiger partial charge >= 0.3 is 5.97 Å². The van der Waals surface area contributed by atoms with E-state index in [2.05, 4.69) is 0 Å². The zero-order valence-electron chi connectivity index (χ0n) is 9.54. The molecule has 1 spiro atoms. The second-order valence-corrected chi connectivity index (χ2v) is 4.80. The van der Waals surface area contributed by atoms with Gasteiger partial charge < -0.3 is 14.2 Å². The summed E-state index contributed by atoms with van der Waals surface area (Å²) in [4.78, 5) is 11.2. The van der Waals surface area contributed by atoms with E-state index in [1.807, 2.05) is 0 Å². The van der Waals surface area contributed by atoms with Crippen LogP contribution in [0.2, 0.25) is 0 Å². The first kappa shape index (κ1) is 10.9. The fraction of sp³-hybridized carbons (Fsp3) is 0.909. The molecule has 2 saturated carbocycles. The fourth-order valence-corrected chi connectivity index (χ4v) is 3.07. The predicted molar refractivity (Wildman–Crippen MR) is 53.2 cm³/mol. The summed E-state index contributed by atoms with van der Waals surface area (Å²) in [7, 11) is 4.79. The molecule has 4 heteroatoms. The predicted octanol–water partition coefficient (Wildman–Crippen LogP) is 1.34. The molecule has 0 saturated heterocycles. The number of methoxy groups -OCH3 is 3. The van der Waals surface area contributed by atoms with Crippen LogP contribution >= 0.6 is 0 Å². The fourth-order valence-electron chi connectivity index (χ4n) is 3.07. The van der Waals surface area contributed by atoms with Gasteiger partial charge in [0.15, 0.2) is 5.79 Å². The standard InChI is InChI=1S/C11H18O4/c1-13-9(12)8-4-10(5-8)6-11(7-10,14-2)15-3/h8H,4-7H2,1-3H3. The van der Waals surface area contributed by atoms with E-state index in [9.17, 15) is 4.79 Å². The molecule has 0 N–H and O–H groups in total. The number of carbonyl (C=O) groups is 1. The summed E-state index contributed by atoms with van der Waals surface area (Å²) in [5.41, 5.74) is 0.283. The van der Waals surface area contributed by atoms with Crippen molar-refractivity contribution in [1.29, 1.82) is 0 Å². The van der Waals surface area contributed by atoms with Crippen LogP contribution in [0.4, 0.5) is 0 Å². The average molecular weight is 214 g/mol. The number of hydrogen-bond acceptors (Lipinski definition) is 4. The van der Waals surface area contributed by atoms with Crippen molar-refractivity contribution in [2.75, 3.05) is 21.3 Å². The molecule has 0 aromatic rings. The van der Waals surface area contributed by atoms with Gasteiger partial charge in [-0.1, -0.05) is 0 Å². The molecule has 2 fully saturated rings. The zero-order chi connectivity index (χ0) is 11.1. The van der Waals surface area contributed by atoms with Gasteiger partial charge in [0.1, 0.15) is 0 Å². The van der Waals surface area contributed by atoms with E-state index in [1.165, 1.54) is 7.11 Å². The van der Waals surface area contributed by atoms with Crippen LogP contribution in [0.1, 0.15) is 25.7 Å². The second-order valence-electron chi connectivity index (χ2n) is 4.80. The minimum absolute atomic E-state index is 0.0760. The lowest BCUT2D eigenvalue weighted by molar-refractivity contribution is -0.317. The van der Waals surface area contributed by atoms with Crippen LogP contribution in [0, 0.1) is 11.3 Å². The van der Waals surface area contributed by atoms with Crippen molar-refractivity contribution < 1.29 is 19.0 Å². The second kappa shape index (κ2) is 3.46. The highest BCUT2D eigenvalue weighted by molar-refractivity contribution is 5.73. The molecule has 0 atom stereocenters. The van der Waals surface area contributed by atoms with Gasteiger partial charge in [0.25, 0.3) is 0 Å². The SMILES string of the molecule is COC(=O)C1CC2(C1)CC(OC)(OC)C2. The topological polar surface area (TPSA) is 44.8 Å². The first-order chi connectivity index (χ1) is 7.09. The van der Waals surface area contributed by atoms with Crippen LogP contribution in [-0.2, 0) is 19.0 Å². The van der Waals surface area contributed by atoms with E-state index in [4.69, 9.17) is 14.2 Å². The molecule has 0 aromatic carbocycles. The average Bonchev–Trinajstić information content (AvgIpc) is 2.15. The highest BCUT2D eigenvalue weighted by Gasteiger charge is 2.62. The summed E-state index contributed by atoms with van der Waals surface area (Å²) in [6.45, 7) is 0. The quantitative estimate of drug-likeness (QED) is 0.525. The van der Waals surface area contributed by atoms with Crippen molar-refractivity contribution in [2.45, 2.75) is 31.5 Å².